The van der Waals surface area contributed by atoms with Crippen LogP contribution in [-0.2, 0) is 4.74 Å². The second-order valence-corrected chi connectivity index (χ2v) is 8.05. The summed E-state index contributed by atoms with van der Waals surface area (Å²) in [5.41, 5.74) is 1.03. The van der Waals surface area contributed by atoms with E-state index in [1.165, 1.54) is 29.4 Å². The van der Waals surface area contributed by atoms with Crippen LogP contribution in [0, 0.1) is 5.82 Å². The second kappa shape index (κ2) is 12.2. The van der Waals surface area contributed by atoms with Crippen LogP contribution >= 0.6 is 11.3 Å². The van der Waals surface area contributed by atoms with Crippen molar-refractivity contribution in [3.63, 3.8) is 0 Å². The summed E-state index contributed by atoms with van der Waals surface area (Å²) in [6, 6.07) is 9.36. The Morgan fingerprint density at radius 2 is 1.88 bits per heavy atom. The van der Waals surface area contributed by atoms with Crippen LogP contribution in [0.2, 0.25) is 0 Å². The minimum absolute atomic E-state index is 0.207. The van der Waals surface area contributed by atoms with Crippen molar-refractivity contribution in [1.82, 2.24) is 10.6 Å². The maximum Gasteiger partial charge on any atom is 0.322 e. The number of halogens is 1. The van der Waals surface area contributed by atoms with Gasteiger partial charge in [0.25, 0.3) is 5.91 Å². The maximum absolute atomic E-state index is 14.1. The third kappa shape index (κ3) is 5.95. The summed E-state index contributed by atoms with van der Waals surface area (Å²) in [6.07, 6.45) is 0. The van der Waals surface area contributed by atoms with Gasteiger partial charge in [0.05, 0.1) is 37.3 Å². The van der Waals surface area contributed by atoms with E-state index in [2.05, 4.69) is 10.6 Å². The Hall–Kier alpha value is -3.37. The molecule has 0 unspecified atom stereocenters. The van der Waals surface area contributed by atoms with Gasteiger partial charge >= 0.3 is 6.03 Å². The van der Waals surface area contributed by atoms with Crippen LogP contribution in [0.4, 0.5) is 14.9 Å². The predicted octanol–water partition coefficient (Wildman–Crippen LogP) is 4.04. The van der Waals surface area contributed by atoms with Crippen LogP contribution in [0.1, 0.15) is 17.3 Å². The molecule has 0 aliphatic carbocycles. The zero-order chi connectivity index (χ0) is 24.5. The molecule has 34 heavy (non-hydrogen) atoms. The van der Waals surface area contributed by atoms with Crippen molar-refractivity contribution in [3.05, 3.63) is 53.2 Å². The fourth-order valence-electron chi connectivity index (χ4n) is 3.36. The molecule has 0 aliphatic heterocycles. The molecule has 3 rings (SSSR count). The van der Waals surface area contributed by atoms with E-state index in [-0.39, 0.29) is 30.8 Å². The number of ether oxygens (including phenoxy) is 3. The Morgan fingerprint density at radius 1 is 1.09 bits per heavy atom. The van der Waals surface area contributed by atoms with Crippen LogP contribution in [0.3, 0.4) is 0 Å². The average Bonchev–Trinajstić information content (AvgIpc) is 3.27. The monoisotopic (exact) mass is 489 g/mol. The van der Waals surface area contributed by atoms with Crippen molar-refractivity contribution in [2.75, 3.05) is 52.0 Å². The number of thiophene rings is 1. The molecule has 0 bridgehead atoms. The molecule has 0 fully saturated rings. The van der Waals surface area contributed by atoms with Crippen LogP contribution in [-0.4, -0.2) is 59.0 Å². The summed E-state index contributed by atoms with van der Waals surface area (Å²) in [6.45, 7) is 3.39. The third-order valence-corrected chi connectivity index (χ3v) is 5.99. The maximum atomic E-state index is 14.1. The highest BCUT2D eigenvalue weighted by atomic mass is 32.1. The number of hydrogen-bond donors (Lipinski definition) is 2. The van der Waals surface area contributed by atoms with Gasteiger partial charge in [-0.25, -0.2) is 9.18 Å². The predicted molar refractivity (Wildman–Crippen MR) is 131 cm³/mol. The van der Waals surface area contributed by atoms with E-state index in [0.29, 0.717) is 52.6 Å². The number of nitrogens with one attached hydrogen (secondary N) is 2. The van der Waals surface area contributed by atoms with Gasteiger partial charge in [-0.1, -0.05) is 12.1 Å². The number of nitrogens with zero attached hydrogens (tertiary/aromatic N) is 1. The fourth-order valence-corrected chi connectivity index (χ4v) is 4.32. The quantitative estimate of drug-likeness (QED) is 0.397. The van der Waals surface area contributed by atoms with Gasteiger partial charge in [0.2, 0.25) is 0 Å². The molecule has 2 aromatic carbocycles. The molecule has 3 aromatic rings. The zero-order valence-corrected chi connectivity index (χ0v) is 20.2. The molecular formula is C24H28FN3O5S. The number of carbonyl (C=O) groups is 2. The summed E-state index contributed by atoms with van der Waals surface area (Å²) in [5.74, 6) is 0.405. The molecule has 8 nitrogen and oxygen atoms in total. The van der Waals surface area contributed by atoms with Crippen molar-refractivity contribution in [3.8, 4) is 11.5 Å². The van der Waals surface area contributed by atoms with E-state index >= 15 is 0 Å². The van der Waals surface area contributed by atoms with Gasteiger partial charge in [-0.2, -0.15) is 0 Å². The SMILES string of the molecule is CCOc1ccc(C(=O)NCCNC(=O)N(CCOC)c2csc3c(F)cccc23)cc1OC. The highest BCUT2D eigenvalue weighted by Gasteiger charge is 2.20. The van der Waals surface area contributed by atoms with Crippen molar-refractivity contribution in [2.24, 2.45) is 0 Å². The Kier molecular flexibility index (Phi) is 9.06. The first-order valence-corrected chi connectivity index (χ1v) is 11.7. The lowest BCUT2D eigenvalue weighted by atomic mass is 10.2. The van der Waals surface area contributed by atoms with Gasteiger partial charge in [0.15, 0.2) is 11.5 Å². The topological polar surface area (TPSA) is 89.1 Å². The number of carbonyl (C=O) groups excluding carboxylic acids is 2. The minimum Gasteiger partial charge on any atom is -0.493 e. The van der Waals surface area contributed by atoms with Crippen LogP contribution in [0.5, 0.6) is 11.5 Å². The van der Waals surface area contributed by atoms with Gasteiger partial charge in [-0.05, 0) is 31.2 Å². The lowest BCUT2D eigenvalue weighted by Gasteiger charge is -2.22. The normalized spacial score (nSPS) is 10.7. The standard InChI is InChI=1S/C24H28FN3O5S/c1-4-33-20-9-8-16(14-21(20)32-3)23(29)26-10-11-27-24(30)28(12-13-31-2)19-15-34-22-17(19)6-5-7-18(22)25/h5-9,14-15H,4,10-13H2,1-3H3,(H,26,29)(H,27,30). The molecule has 2 N–H and O–H groups in total. The van der Waals surface area contributed by atoms with Crippen molar-refractivity contribution in [1.29, 1.82) is 0 Å². The Bertz CT molecular complexity index is 1140. The van der Waals surface area contributed by atoms with Gasteiger partial charge in [-0.15, -0.1) is 11.3 Å². The van der Waals surface area contributed by atoms with E-state index in [1.54, 1.807) is 42.8 Å². The van der Waals surface area contributed by atoms with Gasteiger partial charge < -0.3 is 24.8 Å². The van der Waals surface area contributed by atoms with Crippen LogP contribution in [0.15, 0.2) is 41.8 Å². The number of benzene rings is 2. The van der Waals surface area contributed by atoms with E-state index in [9.17, 15) is 14.0 Å². The number of urea groups is 1. The number of amides is 3. The molecule has 0 saturated heterocycles. The fraction of sp³-hybridized carbons (Fsp3) is 0.333. The Balaban J connectivity index is 1.59. The average molecular weight is 490 g/mol. The summed E-state index contributed by atoms with van der Waals surface area (Å²) in [4.78, 5) is 26.9. The highest BCUT2D eigenvalue weighted by Crippen LogP contribution is 2.34. The third-order valence-electron chi connectivity index (χ3n) is 5.00. The second-order valence-electron chi connectivity index (χ2n) is 7.17. The zero-order valence-electron chi connectivity index (χ0n) is 19.4. The molecule has 182 valence electrons. The summed E-state index contributed by atoms with van der Waals surface area (Å²) >= 11 is 1.24. The van der Waals surface area contributed by atoms with E-state index in [4.69, 9.17) is 14.2 Å². The molecule has 3 amide bonds. The van der Waals surface area contributed by atoms with E-state index in [0.717, 1.165) is 0 Å². The van der Waals surface area contributed by atoms with E-state index < -0.39 is 0 Å². The molecule has 1 aromatic heterocycles. The first-order valence-electron chi connectivity index (χ1n) is 10.8. The molecule has 1 heterocycles. The lowest BCUT2D eigenvalue weighted by Crippen LogP contribution is -2.44. The van der Waals surface area contributed by atoms with Gasteiger partial charge in [0.1, 0.15) is 5.82 Å². The van der Waals surface area contributed by atoms with Crippen LogP contribution < -0.4 is 25.0 Å². The number of anilines is 1. The summed E-state index contributed by atoms with van der Waals surface area (Å²) in [5, 5.41) is 7.98. The highest BCUT2D eigenvalue weighted by molar-refractivity contribution is 7.17. The molecule has 0 radical (unpaired) electrons. The number of hydrogen-bond acceptors (Lipinski definition) is 6. The van der Waals surface area contributed by atoms with Crippen LogP contribution in [0.25, 0.3) is 10.1 Å². The molecule has 0 aliphatic rings. The van der Waals surface area contributed by atoms with Crippen molar-refractivity contribution < 1.29 is 28.2 Å². The molecule has 0 atom stereocenters. The number of rotatable bonds is 11. The molecule has 10 heteroatoms. The van der Waals surface area contributed by atoms with Crippen molar-refractivity contribution >= 4 is 39.0 Å². The number of fused-ring (bicyclic) bond motifs is 1. The Labute approximate surface area is 201 Å². The smallest absolute Gasteiger partial charge is 0.322 e. The minimum atomic E-state index is -0.363. The first kappa shape index (κ1) is 25.3. The largest absolute Gasteiger partial charge is 0.493 e. The first-order chi connectivity index (χ1) is 16.5. The van der Waals surface area contributed by atoms with Gasteiger partial charge in [-0.3, -0.25) is 9.69 Å². The molecular weight excluding hydrogens is 461 g/mol. The lowest BCUT2D eigenvalue weighted by molar-refractivity contribution is 0.0953. The number of methoxy groups -OCH3 is 2. The van der Waals surface area contributed by atoms with Crippen molar-refractivity contribution in [2.45, 2.75) is 6.92 Å². The summed E-state index contributed by atoms with van der Waals surface area (Å²) < 4.78 is 30.5. The molecule has 0 spiro atoms. The summed E-state index contributed by atoms with van der Waals surface area (Å²) in [7, 11) is 3.06. The molecule has 0 saturated carbocycles. The Morgan fingerprint density at radius 3 is 2.62 bits per heavy atom. The van der Waals surface area contributed by atoms with E-state index in [1.807, 2.05) is 6.92 Å². The van der Waals surface area contributed by atoms with Gasteiger partial charge in [0, 0.05) is 36.5 Å².